The maximum absolute atomic E-state index is 12.9. The van der Waals surface area contributed by atoms with Gasteiger partial charge in [-0.3, -0.25) is 14.4 Å². The van der Waals surface area contributed by atoms with Gasteiger partial charge in [0.2, 0.25) is 5.91 Å². The van der Waals surface area contributed by atoms with E-state index in [4.69, 9.17) is 4.74 Å². The highest BCUT2D eigenvalue weighted by Gasteiger charge is 2.32. The van der Waals surface area contributed by atoms with Crippen molar-refractivity contribution in [3.05, 3.63) is 72.3 Å². The van der Waals surface area contributed by atoms with Crippen LogP contribution in [0, 0.1) is 5.92 Å². The van der Waals surface area contributed by atoms with E-state index in [1.165, 1.54) is 0 Å². The summed E-state index contributed by atoms with van der Waals surface area (Å²) in [5, 5.41) is 0. The van der Waals surface area contributed by atoms with E-state index in [1.807, 2.05) is 48.5 Å². The molecule has 1 atom stereocenters. The Labute approximate surface area is 207 Å². The SMILES string of the molecule is CC(OC(=O)C1CCN(C(=O)/C=C/c2ccccc2)CC1)C(=O)N1CCN(c2ccccc2)CC1. The maximum atomic E-state index is 12.9. The normalized spacial score (nSPS) is 17.9. The summed E-state index contributed by atoms with van der Waals surface area (Å²) in [7, 11) is 0. The summed E-state index contributed by atoms with van der Waals surface area (Å²) in [5.41, 5.74) is 2.12. The second-order valence-electron chi connectivity index (χ2n) is 9.07. The molecular weight excluding hydrogens is 442 g/mol. The Morgan fingerprint density at radius 1 is 0.829 bits per heavy atom. The Bertz CT molecular complexity index is 1020. The van der Waals surface area contributed by atoms with E-state index < -0.39 is 6.10 Å². The predicted molar refractivity (Wildman–Crippen MR) is 136 cm³/mol. The first kappa shape index (κ1) is 24.5. The lowest BCUT2D eigenvalue weighted by molar-refractivity contribution is -0.164. The molecule has 2 fully saturated rings. The highest BCUT2D eigenvalue weighted by atomic mass is 16.5. The Kier molecular flexibility index (Phi) is 8.19. The van der Waals surface area contributed by atoms with Crippen molar-refractivity contribution in [2.24, 2.45) is 5.92 Å². The summed E-state index contributed by atoms with van der Waals surface area (Å²) >= 11 is 0. The van der Waals surface area contributed by atoms with Crippen LogP contribution in [0.15, 0.2) is 66.7 Å². The van der Waals surface area contributed by atoms with E-state index in [0.29, 0.717) is 39.0 Å². The molecule has 7 heteroatoms. The number of anilines is 1. The second-order valence-corrected chi connectivity index (χ2v) is 9.07. The first-order chi connectivity index (χ1) is 17.0. The minimum Gasteiger partial charge on any atom is -0.452 e. The van der Waals surface area contributed by atoms with Crippen LogP contribution in [0.5, 0.6) is 0 Å². The maximum Gasteiger partial charge on any atom is 0.309 e. The standard InChI is InChI=1S/C28H33N3O4/c1-22(27(33)31-20-18-29(19-21-31)25-10-6-3-7-11-25)35-28(34)24-14-16-30(17-15-24)26(32)13-12-23-8-4-2-5-9-23/h2-13,22,24H,14-21H2,1H3/b13-12+. The number of benzene rings is 2. The minimum atomic E-state index is -0.806. The van der Waals surface area contributed by atoms with Crippen LogP contribution in [0.2, 0.25) is 0 Å². The average molecular weight is 476 g/mol. The van der Waals surface area contributed by atoms with Gasteiger partial charge in [0.1, 0.15) is 0 Å². The molecule has 2 aliphatic rings. The highest BCUT2D eigenvalue weighted by molar-refractivity contribution is 5.92. The van der Waals surface area contributed by atoms with Gasteiger partial charge in [-0.05, 0) is 43.5 Å². The number of piperazine rings is 1. The Morgan fingerprint density at radius 3 is 2.06 bits per heavy atom. The number of esters is 1. The molecule has 0 radical (unpaired) electrons. The van der Waals surface area contributed by atoms with Gasteiger partial charge in [-0.1, -0.05) is 48.5 Å². The van der Waals surface area contributed by atoms with Crippen LogP contribution in [-0.2, 0) is 19.1 Å². The Morgan fingerprint density at radius 2 is 1.43 bits per heavy atom. The smallest absolute Gasteiger partial charge is 0.309 e. The van der Waals surface area contributed by atoms with Gasteiger partial charge in [0.25, 0.3) is 5.91 Å². The average Bonchev–Trinajstić information content (AvgIpc) is 2.92. The fraction of sp³-hybridized carbons (Fsp3) is 0.393. The lowest BCUT2D eigenvalue weighted by Crippen LogP contribution is -2.52. The molecule has 0 spiro atoms. The molecule has 0 bridgehead atoms. The lowest BCUT2D eigenvalue weighted by atomic mass is 9.97. The molecule has 2 aromatic rings. The number of carbonyl (C=O) groups is 3. The molecule has 2 aromatic carbocycles. The van der Waals surface area contributed by atoms with Gasteiger partial charge < -0.3 is 19.4 Å². The number of para-hydroxylation sites is 1. The van der Waals surface area contributed by atoms with Crippen LogP contribution < -0.4 is 4.90 Å². The van der Waals surface area contributed by atoms with Gasteiger partial charge >= 0.3 is 5.97 Å². The quantitative estimate of drug-likeness (QED) is 0.474. The number of likely N-dealkylation sites (tertiary alicyclic amines) is 1. The van der Waals surface area contributed by atoms with Crippen molar-refractivity contribution in [3.63, 3.8) is 0 Å². The Hall–Kier alpha value is -3.61. The number of amides is 2. The fourth-order valence-electron chi connectivity index (χ4n) is 4.57. The molecule has 0 aliphatic carbocycles. The minimum absolute atomic E-state index is 0.0566. The van der Waals surface area contributed by atoms with E-state index in [0.717, 1.165) is 24.3 Å². The van der Waals surface area contributed by atoms with Gasteiger partial charge in [0.15, 0.2) is 6.10 Å². The number of rotatable bonds is 6. The number of hydrogen-bond donors (Lipinski definition) is 0. The highest BCUT2D eigenvalue weighted by Crippen LogP contribution is 2.21. The summed E-state index contributed by atoms with van der Waals surface area (Å²) in [4.78, 5) is 43.8. The molecule has 7 nitrogen and oxygen atoms in total. The van der Waals surface area contributed by atoms with Crippen molar-refractivity contribution < 1.29 is 19.1 Å². The van der Waals surface area contributed by atoms with E-state index in [2.05, 4.69) is 17.0 Å². The molecule has 2 amide bonds. The van der Waals surface area contributed by atoms with E-state index in [1.54, 1.807) is 28.9 Å². The lowest BCUT2D eigenvalue weighted by Gasteiger charge is -2.37. The van der Waals surface area contributed by atoms with Gasteiger partial charge in [0.05, 0.1) is 5.92 Å². The van der Waals surface area contributed by atoms with Crippen LogP contribution in [0.4, 0.5) is 5.69 Å². The molecule has 1 unspecified atom stereocenters. The van der Waals surface area contributed by atoms with E-state index in [9.17, 15) is 14.4 Å². The van der Waals surface area contributed by atoms with Crippen molar-refractivity contribution in [2.75, 3.05) is 44.2 Å². The predicted octanol–water partition coefficient (Wildman–Crippen LogP) is 3.22. The van der Waals surface area contributed by atoms with Crippen LogP contribution >= 0.6 is 0 Å². The van der Waals surface area contributed by atoms with Crippen molar-refractivity contribution in [1.29, 1.82) is 0 Å². The Balaban J connectivity index is 1.19. The van der Waals surface area contributed by atoms with Crippen LogP contribution in [0.3, 0.4) is 0 Å². The third-order valence-electron chi connectivity index (χ3n) is 6.71. The summed E-state index contributed by atoms with van der Waals surface area (Å²) in [5.74, 6) is -0.841. The molecule has 4 rings (SSSR count). The van der Waals surface area contributed by atoms with Crippen molar-refractivity contribution in [2.45, 2.75) is 25.9 Å². The number of hydrogen-bond acceptors (Lipinski definition) is 5. The van der Waals surface area contributed by atoms with Crippen LogP contribution in [0.25, 0.3) is 6.08 Å². The molecule has 0 saturated carbocycles. The zero-order valence-electron chi connectivity index (χ0n) is 20.2. The van der Waals surface area contributed by atoms with Crippen LogP contribution in [0.1, 0.15) is 25.3 Å². The molecule has 2 aliphatic heterocycles. The summed E-state index contributed by atoms with van der Waals surface area (Å²) in [6.45, 7) is 5.36. The topological polar surface area (TPSA) is 70.2 Å². The summed E-state index contributed by atoms with van der Waals surface area (Å²) in [6, 6.07) is 19.8. The zero-order chi connectivity index (χ0) is 24.6. The third kappa shape index (κ3) is 6.50. The number of nitrogens with zero attached hydrogens (tertiary/aromatic N) is 3. The first-order valence-electron chi connectivity index (χ1n) is 12.3. The van der Waals surface area contributed by atoms with Gasteiger partial charge in [-0.25, -0.2) is 0 Å². The largest absolute Gasteiger partial charge is 0.452 e. The molecule has 2 heterocycles. The fourth-order valence-corrected chi connectivity index (χ4v) is 4.57. The van der Waals surface area contributed by atoms with Crippen molar-refractivity contribution in [3.8, 4) is 0 Å². The monoisotopic (exact) mass is 475 g/mol. The summed E-state index contributed by atoms with van der Waals surface area (Å²) < 4.78 is 5.56. The van der Waals surface area contributed by atoms with Gasteiger partial charge in [-0.2, -0.15) is 0 Å². The van der Waals surface area contributed by atoms with E-state index >= 15 is 0 Å². The third-order valence-corrected chi connectivity index (χ3v) is 6.71. The molecule has 2 saturated heterocycles. The second kappa shape index (κ2) is 11.7. The number of ether oxygens (including phenoxy) is 1. The molecule has 0 aromatic heterocycles. The first-order valence-corrected chi connectivity index (χ1v) is 12.3. The molecule has 0 N–H and O–H groups in total. The molecule has 184 valence electrons. The number of carbonyl (C=O) groups excluding carboxylic acids is 3. The van der Waals surface area contributed by atoms with E-state index in [-0.39, 0.29) is 23.7 Å². The molecular formula is C28H33N3O4. The van der Waals surface area contributed by atoms with Crippen molar-refractivity contribution >= 4 is 29.5 Å². The zero-order valence-corrected chi connectivity index (χ0v) is 20.2. The van der Waals surface area contributed by atoms with Gasteiger partial charge in [0, 0.05) is 51.0 Å². The molecule has 35 heavy (non-hydrogen) atoms. The summed E-state index contributed by atoms with van der Waals surface area (Å²) in [6.07, 6.45) is 3.65. The van der Waals surface area contributed by atoms with Gasteiger partial charge in [-0.15, -0.1) is 0 Å². The van der Waals surface area contributed by atoms with Crippen molar-refractivity contribution in [1.82, 2.24) is 9.80 Å². The number of piperidine rings is 1. The van der Waals surface area contributed by atoms with Crippen LogP contribution in [-0.4, -0.2) is 73.0 Å².